The van der Waals surface area contributed by atoms with Gasteiger partial charge in [0.1, 0.15) is 0 Å². The number of nitrogens with one attached hydrogen (secondary N) is 2. The molecular weight excluding hydrogens is 462 g/mol. The summed E-state index contributed by atoms with van der Waals surface area (Å²) in [5.41, 5.74) is -6.12. The van der Waals surface area contributed by atoms with Crippen molar-refractivity contribution in [3.8, 4) is 0 Å². The Morgan fingerprint density at radius 1 is 1.03 bits per heavy atom. The molecule has 0 aliphatic heterocycles. The predicted molar refractivity (Wildman–Crippen MR) is 106 cm³/mol. The normalized spacial score (nSPS) is 14.7. The van der Waals surface area contributed by atoms with Crippen molar-refractivity contribution in [3.05, 3.63) is 59.2 Å². The van der Waals surface area contributed by atoms with E-state index in [4.69, 9.17) is 4.78 Å². The Morgan fingerprint density at radius 2 is 1.56 bits per heavy atom. The van der Waals surface area contributed by atoms with Crippen molar-refractivity contribution in [3.63, 3.8) is 0 Å². The molecule has 12 heteroatoms. The van der Waals surface area contributed by atoms with Crippen LogP contribution in [0, 0.1) is 11.7 Å². The fourth-order valence-electron chi connectivity index (χ4n) is 2.89. The van der Waals surface area contributed by atoms with Gasteiger partial charge in [-0.25, -0.2) is 8.99 Å². The Kier molecular flexibility index (Phi) is 7.01. The largest absolute Gasteiger partial charge is 0.430 e. The first-order valence-electron chi connectivity index (χ1n) is 9.15. The SMILES string of the molecule is CCS(=N)(=O)c1ccc(CC(=O)Nc2ccc(C(O)(C(F)(F)F)C(F)(F)F)cc2C)cc1. The van der Waals surface area contributed by atoms with Gasteiger partial charge in [0.05, 0.1) is 16.1 Å². The fraction of sp³-hybridized carbons (Fsp3) is 0.350. The lowest BCUT2D eigenvalue weighted by Gasteiger charge is -2.33. The molecular formula is C20H20F6N2O3S. The molecule has 2 aromatic carbocycles. The molecule has 0 spiro atoms. The molecule has 1 unspecified atom stereocenters. The van der Waals surface area contributed by atoms with E-state index in [1.165, 1.54) is 31.2 Å². The predicted octanol–water partition coefficient (Wildman–Crippen LogP) is 4.91. The molecule has 1 atom stereocenters. The third-order valence-corrected chi connectivity index (χ3v) is 6.66. The molecule has 5 nitrogen and oxygen atoms in total. The minimum atomic E-state index is -6.01. The van der Waals surface area contributed by atoms with Gasteiger partial charge in [0, 0.05) is 21.9 Å². The highest BCUT2D eigenvalue weighted by atomic mass is 32.2. The molecule has 0 saturated carbocycles. The van der Waals surface area contributed by atoms with Crippen LogP contribution in [0.4, 0.5) is 32.0 Å². The van der Waals surface area contributed by atoms with Crippen LogP contribution in [0.15, 0.2) is 47.4 Å². The average Bonchev–Trinajstić information content (AvgIpc) is 2.67. The van der Waals surface area contributed by atoms with E-state index in [-0.39, 0.29) is 23.4 Å². The van der Waals surface area contributed by atoms with Crippen LogP contribution in [0.2, 0.25) is 0 Å². The summed E-state index contributed by atoms with van der Waals surface area (Å²) in [5.74, 6) is -0.475. The molecule has 0 saturated heterocycles. The van der Waals surface area contributed by atoms with E-state index in [0.29, 0.717) is 22.6 Å². The van der Waals surface area contributed by atoms with Crippen LogP contribution in [-0.2, 0) is 26.5 Å². The van der Waals surface area contributed by atoms with Crippen LogP contribution in [0.5, 0.6) is 0 Å². The van der Waals surface area contributed by atoms with Crippen molar-refractivity contribution < 1.29 is 40.5 Å². The second kappa shape index (κ2) is 8.74. The Bertz CT molecular complexity index is 1080. The maximum absolute atomic E-state index is 13.0. The number of carbonyl (C=O) groups excluding carboxylic acids is 1. The van der Waals surface area contributed by atoms with Crippen molar-refractivity contribution in [2.75, 3.05) is 11.1 Å². The van der Waals surface area contributed by atoms with Gasteiger partial charge >= 0.3 is 12.4 Å². The maximum atomic E-state index is 13.0. The Labute approximate surface area is 180 Å². The molecule has 0 radical (unpaired) electrons. The van der Waals surface area contributed by atoms with Crippen molar-refractivity contribution in [1.29, 1.82) is 4.78 Å². The van der Waals surface area contributed by atoms with Gasteiger partial charge in [0.15, 0.2) is 0 Å². The van der Waals surface area contributed by atoms with Gasteiger partial charge < -0.3 is 10.4 Å². The minimum Gasteiger partial charge on any atom is -0.369 e. The van der Waals surface area contributed by atoms with Crippen LogP contribution in [0.3, 0.4) is 0 Å². The molecule has 0 bridgehead atoms. The van der Waals surface area contributed by atoms with Gasteiger partial charge in [0.2, 0.25) is 5.91 Å². The number of amides is 1. The molecule has 0 aliphatic carbocycles. The highest BCUT2D eigenvalue weighted by molar-refractivity contribution is 7.92. The average molecular weight is 482 g/mol. The molecule has 2 rings (SSSR count). The molecule has 3 N–H and O–H groups in total. The number of halogens is 6. The third kappa shape index (κ3) is 5.07. The second-order valence-corrected chi connectivity index (χ2v) is 9.47. The molecule has 176 valence electrons. The highest BCUT2D eigenvalue weighted by Gasteiger charge is 2.71. The number of benzene rings is 2. The Balaban J connectivity index is 2.22. The van der Waals surface area contributed by atoms with Crippen molar-refractivity contribution >= 4 is 21.3 Å². The molecule has 0 heterocycles. The minimum absolute atomic E-state index is 0.0257. The zero-order chi connectivity index (χ0) is 24.5. The Morgan fingerprint density at radius 3 is 2.00 bits per heavy atom. The molecule has 2 aromatic rings. The number of hydrogen-bond donors (Lipinski definition) is 3. The molecule has 0 aromatic heterocycles. The third-order valence-electron chi connectivity index (χ3n) is 4.81. The summed E-state index contributed by atoms with van der Waals surface area (Å²) in [7, 11) is -2.92. The second-order valence-electron chi connectivity index (χ2n) is 7.07. The van der Waals surface area contributed by atoms with E-state index in [1.807, 2.05) is 0 Å². The summed E-state index contributed by atoms with van der Waals surface area (Å²) in [6.45, 7) is 2.80. The number of alkyl halides is 6. The van der Waals surface area contributed by atoms with E-state index < -0.39 is 39.2 Å². The van der Waals surface area contributed by atoms with Gasteiger partial charge in [-0.1, -0.05) is 31.2 Å². The molecule has 32 heavy (non-hydrogen) atoms. The lowest BCUT2D eigenvalue weighted by atomic mass is 9.90. The van der Waals surface area contributed by atoms with Gasteiger partial charge in [-0.05, 0) is 36.2 Å². The van der Waals surface area contributed by atoms with Gasteiger partial charge in [-0.15, -0.1) is 0 Å². The quantitative estimate of drug-likeness (QED) is 0.511. The monoisotopic (exact) mass is 482 g/mol. The number of carbonyl (C=O) groups is 1. The lowest BCUT2D eigenvalue weighted by molar-refractivity contribution is -0.376. The van der Waals surface area contributed by atoms with E-state index in [1.54, 1.807) is 6.92 Å². The first-order chi connectivity index (χ1) is 14.5. The van der Waals surface area contributed by atoms with Crippen LogP contribution < -0.4 is 5.32 Å². The van der Waals surface area contributed by atoms with E-state index in [0.717, 1.165) is 6.07 Å². The smallest absolute Gasteiger partial charge is 0.369 e. The summed E-state index contributed by atoms with van der Waals surface area (Å²) >= 11 is 0. The summed E-state index contributed by atoms with van der Waals surface area (Å²) in [6, 6.07) is 7.73. The van der Waals surface area contributed by atoms with Gasteiger partial charge in [0.25, 0.3) is 5.60 Å². The summed E-state index contributed by atoms with van der Waals surface area (Å²) in [5, 5.41) is 11.9. The topological polar surface area (TPSA) is 90.2 Å². The number of rotatable bonds is 6. The molecule has 0 aliphatic rings. The number of aliphatic hydroxyl groups is 1. The van der Waals surface area contributed by atoms with Gasteiger partial charge in [-0.3, -0.25) is 4.79 Å². The molecule has 0 fully saturated rings. The van der Waals surface area contributed by atoms with Gasteiger partial charge in [-0.2, -0.15) is 26.3 Å². The lowest BCUT2D eigenvalue weighted by Crippen LogP contribution is -2.53. The summed E-state index contributed by atoms with van der Waals surface area (Å²) in [4.78, 5) is 12.6. The van der Waals surface area contributed by atoms with Crippen molar-refractivity contribution in [2.24, 2.45) is 0 Å². The summed E-state index contributed by atoms with van der Waals surface area (Å²) < 4.78 is 97.9. The van der Waals surface area contributed by atoms with Crippen LogP contribution >= 0.6 is 0 Å². The van der Waals surface area contributed by atoms with Crippen LogP contribution in [0.1, 0.15) is 23.6 Å². The zero-order valence-electron chi connectivity index (χ0n) is 16.9. The highest BCUT2D eigenvalue weighted by Crippen LogP contribution is 2.50. The first kappa shape index (κ1) is 25.7. The van der Waals surface area contributed by atoms with Crippen LogP contribution in [-0.4, -0.2) is 33.3 Å². The first-order valence-corrected chi connectivity index (χ1v) is 10.9. The maximum Gasteiger partial charge on any atom is 0.430 e. The van der Waals surface area contributed by atoms with E-state index in [9.17, 15) is 40.5 Å². The Hall–Kier alpha value is -2.60. The molecule has 1 amide bonds. The van der Waals surface area contributed by atoms with E-state index >= 15 is 0 Å². The van der Waals surface area contributed by atoms with E-state index in [2.05, 4.69) is 5.32 Å². The number of hydrogen-bond acceptors (Lipinski definition) is 4. The fourth-order valence-corrected chi connectivity index (χ4v) is 3.80. The number of aryl methyl sites for hydroxylation is 1. The standard InChI is InChI=1S/C20H20F6N2O3S/c1-3-32(27,31)15-7-4-13(5-8-15)11-17(29)28-16-9-6-14(10-12(16)2)18(30,19(21,22)23)20(24,25)26/h4-10,27,30H,3,11H2,1-2H3,(H,28,29). The number of anilines is 1. The van der Waals surface area contributed by atoms with Crippen LogP contribution in [0.25, 0.3) is 0 Å². The van der Waals surface area contributed by atoms with Crippen molar-refractivity contribution in [2.45, 2.75) is 43.1 Å². The zero-order valence-corrected chi connectivity index (χ0v) is 17.7. The summed E-state index contributed by atoms with van der Waals surface area (Å²) in [6.07, 6.45) is -12.2. The van der Waals surface area contributed by atoms with Crippen molar-refractivity contribution in [1.82, 2.24) is 0 Å².